The first-order chi connectivity index (χ1) is 14.3. The Balaban J connectivity index is 1.66. The maximum absolute atomic E-state index is 12.9. The predicted molar refractivity (Wildman–Crippen MR) is 117 cm³/mol. The Hall–Kier alpha value is -2.73. The lowest BCUT2D eigenvalue weighted by atomic mass is 10.0. The van der Waals surface area contributed by atoms with E-state index >= 15 is 0 Å². The lowest BCUT2D eigenvalue weighted by Gasteiger charge is -2.35. The minimum absolute atomic E-state index is 0.00781. The van der Waals surface area contributed by atoms with Crippen LogP contribution in [0.5, 0.6) is 11.5 Å². The molecule has 6 nitrogen and oxygen atoms in total. The number of hydrogen-bond acceptors (Lipinski definition) is 4. The van der Waals surface area contributed by atoms with Gasteiger partial charge in [0.1, 0.15) is 0 Å². The van der Waals surface area contributed by atoms with Crippen molar-refractivity contribution in [3.63, 3.8) is 0 Å². The highest BCUT2D eigenvalue weighted by Crippen LogP contribution is 2.36. The van der Waals surface area contributed by atoms with Crippen molar-refractivity contribution in [3.05, 3.63) is 58.1 Å². The fraction of sp³-hybridized carbons (Fsp3) is 0.391. The lowest BCUT2D eigenvalue weighted by Crippen LogP contribution is -2.50. The second kappa shape index (κ2) is 9.39. The second-order valence-corrected chi connectivity index (χ2v) is 7.96. The number of halogens is 1. The second-order valence-electron chi connectivity index (χ2n) is 7.55. The summed E-state index contributed by atoms with van der Waals surface area (Å²) in [6.07, 6.45) is 0. The Bertz CT molecular complexity index is 920. The van der Waals surface area contributed by atoms with Crippen LogP contribution in [0.25, 0.3) is 0 Å². The third kappa shape index (κ3) is 4.54. The van der Waals surface area contributed by atoms with E-state index in [1.807, 2.05) is 24.3 Å². The number of ether oxygens (including phenoxy) is 2. The highest BCUT2D eigenvalue weighted by Gasteiger charge is 2.26. The number of amides is 2. The third-order valence-corrected chi connectivity index (χ3v) is 5.64. The molecule has 0 bridgehead atoms. The summed E-state index contributed by atoms with van der Waals surface area (Å²) in [6.45, 7) is 6.13. The van der Waals surface area contributed by atoms with Gasteiger partial charge in [-0.25, -0.2) is 0 Å². The normalized spacial score (nSPS) is 14.1. The first-order valence-corrected chi connectivity index (χ1v) is 10.3. The molecular formula is C23H27ClN2O4. The molecule has 0 aliphatic carbocycles. The zero-order valence-corrected chi connectivity index (χ0v) is 18.5. The Morgan fingerprint density at radius 1 is 0.867 bits per heavy atom. The van der Waals surface area contributed by atoms with Crippen molar-refractivity contribution < 1.29 is 19.1 Å². The van der Waals surface area contributed by atoms with Crippen LogP contribution in [0, 0.1) is 0 Å². The molecule has 1 aliphatic rings. The van der Waals surface area contributed by atoms with E-state index < -0.39 is 0 Å². The Labute approximate surface area is 182 Å². The molecule has 0 atom stereocenters. The third-order valence-electron chi connectivity index (χ3n) is 5.36. The van der Waals surface area contributed by atoms with Crippen LogP contribution in [0.3, 0.4) is 0 Å². The largest absolute Gasteiger partial charge is 0.493 e. The molecule has 0 radical (unpaired) electrons. The minimum Gasteiger partial charge on any atom is -0.493 e. The first kappa shape index (κ1) is 22.0. The first-order valence-electron chi connectivity index (χ1n) is 9.95. The van der Waals surface area contributed by atoms with Crippen molar-refractivity contribution in [1.29, 1.82) is 0 Å². The van der Waals surface area contributed by atoms with E-state index in [2.05, 4.69) is 13.8 Å². The zero-order valence-electron chi connectivity index (χ0n) is 17.8. The van der Waals surface area contributed by atoms with Gasteiger partial charge in [0, 0.05) is 37.3 Å². The topological polar surface area (TPSA) is 59.1 Å². The van der Waals surface area contributed by atoms with Crippen LogP contribution in [0.2, 0.25) is 5.02 Å². The van der Waals surface area contributed by atoms with Gasteiger partial charge in [-0.05, 0) is 35.7 Å². The summed E-state index contributed by atoms with van der Waals surface area (Å²) in [5.74, 6) is 1.08. The fourth-order valence-corrected chi connectivity index (χ4v) is 3.82. The molecule has 0 spiro atoms. The molecule has 30 heavy (non-hydrogen) atoms. The maximum atomic E-state index is 12.9. The summed E-state index contributed by atoms with van der Waals surface area (Å²) >= 11 is 6.23. The van der Waals surface area contributed by atoms with Crippen LogP contribution >= 0.6 is 11.6 Å². The van der Waals surface area contributed by atoms with Gasteiger partial charge in [-0.15, -0.1) is 0 Å². The summed E-state index contributed by atoms with van der Waals surface area (Å²) in [4.78, 5) is 29.2. The summed E-state index contributed by atoms with van der Waals surface area (Å²) in [7, 11) is 3.00. The Morgan fingerprint density at radius 3 is 1.87 bits per heavy atom. The Morgan fingerprint density at radius 2 is 1.40 bits per heavy atom. The number of rotatable bonds is 5. The van der Waals surface area contributed by atoms with Gasteiger partial charge in [0.05, 0.1) is 19.2 Å². The standard InChI is InChI=1S/C23H27ClN2O4/c1-15(2)16-5-7-17(8-6-16)22(27)25-9-11-26(12-10-25)23(28)18-13-19(24)21(30-4)20(14-18)29-3/h5-8,13-15H,9-12H2,1-4H3. The van der Waals surface area contributed by atoms with E-state index in [9.17, 15) is 9.59 Å². The van der Waals surface area contributed by atoms with Gasteiger partial charge in [-0.2, -0.15) is 0 Å². The minimum atomic E-state index is -0.147. The van der Waals surface area contributed by atoms with E-state index in [1.165, 1.54) is 19.8 Å². The lowest BCUT2D eigenvalue weighted by molar-refractivity contribution is 0.0535. The van der Waals surface area contributed by atoms with Crippen LogP contribution in [0.4, 0.5) is 0 Å². The molecule has 0 aromatic heterocycles. The molecule has 160 valence electrons. The monoisotopic (exact) mass is 430 g/mol. The number of nitrogens with zero attached hydrogens (tertiary/aromatic N) is 2. The average Bonchev–Trinajstić information content (AvgIpc) is 2.77. The van der Waals surface area contributed by atoms with Crippen molar-refractivity contribution >= 4 is 23.4 Å². The van der Waals surface area contributed by atoms with Crippen LogP contribution in [0.1, 0.15) is 46.0 Å². The van der Waals surface area contributed by atoms with Gasteiger partial charge in [0.25, 0.3) is 11.8 Å². The SMILES string of the molecule is COc1cc(C(=O)N2CCN(C(=O)c3ccc(C(C)C)cc3)CC2)cc(Cl)c1OC. The smallest absolute Gasteiger partial charge is 0.254 e. The average molecular weight is 431 g/mol. The van der Waals surface area contributed by atoms with E-state index in [0.717, 1.165) is 0 Å². The number of benzene rings is 2. The molecule has 0 saturated carbocycles. The van der Waals surface area contributed by atoms with Gasteiger partial charge in [0.15, 0.2) is 11.5 Å². The number of carbonyl (C=O) groups is 2. The molecule has 7 heteroatoms. The highest BCUT2D eigenvalue weighted by molar-refractivity contribution is 6.32. The van der Waals surface area contributed by atoms with E-state index in [4.69, 9.17) is 21.1 Å². The Kier molecular flexibility index (Phi) is 6.87. The van der Waals surface area contributed by atoms with Gasteiger partial charge >= 0.3 is 0 Å². The summed E-state index contributed by atoms with van der Waals surface area (Å²) in [5.41, 5.74) is 2.31. The van der Waals surface area contributed by atoms with E-state index in [0.29, 0.717) is 59.7 Å². The molecule has 3 rings (SSSR count). The number of carbonyl (C=O) groups excluding carboxylic acids is 2. The molecule has 0 unspecified atom stereocenters. The van der Waals surface area contributed by atoms with Gasteiger partial charge in [-0.3, -0.25) is 9.59 Å². The quantitative estimate of drug-likeness (QED) is 0.717. The molecule has 1 saturated heterocycles. The molecule has 1 fully saturated rings. The van der Waals surface area contributed by atoms with Crippen LogP contribution < -0.4 is 9.47 Å². The van der Waals surface area contributed by atoms with E-state index in [-0.39, 0.29) is 11.8 Å². The molecular weight excluding hydrogens is 404 g/mol. The molecule has 2 aromatic rings. The highest BCUT2D eigenvalue weighted by atomic mass is 35.5. The van der Waals surface area contributed by atoms with Crippen molar-refractivity contribution in [2.24, 2.45) is 0 Å². The fourth-order valence-electron chi connectivity index (χ4n) is 3.53. The zero-order chi connectivity index (χ0) is 21.8. The van der Waals surface area contributed by atoms with Crippen LogP contribution in [-0.2, 0) is 0 Å². The van der Waals surface area contributed by atoms with Gasteiger partial charge in [-0.1, -0.05) is 37.6 Å². The van der Waals surface area contributed by atoms with E-state index in [1.54, 1.807) is 21.9 Å². The number of piperazine rings is 1. The van der Waals surface area contributed by atoms with Crippen LogP contribution in [-0.4, -0.2) is 62.0 Å². The summed E-state index contributed by atoms with van der Waals surface area (Å²) < 4.78 is 10.5. The summed E-state index contributed by atoms with van der Waals surface area (Å²) in [6, 6.07) is 11.0. The molecule has 2 aromatic carbocycles. The predicted octanol–water partition coefficient (Wildman–Crippen LogP) is 4.08. The number of methoxy groups -OCH3 is 2. The molecule has 1 aliphatic heterocycles. The van der Waals surface area contributed by atoms with Crippen molar-refractivity contribution in [3.8, 4) is 11.5 Å². The number of hydrogen-bond donors (Lipinski definition) is 0. The summed E-state index contributed by atoms with van der Waals surface area (Å²) in [5, 5.41) is 0.318. The van der Waals surface area contributed by atoms with Crippen molar-refractivity contribution in [2.45, 2.75) is 19.8 Å². The molecule has 2 amide bonds. The van der Waals surface area contributed by atoms with Crippen molar-refractivity contribution in [1.82, 2.24) is 9.80 Å². The molecule has 1 heterocycles. The molecule has 0 N–H and O–H groups in total. The van der Waals surface area contributed by atoms with Crippen LogP contribution in [0.15, 0.2) is 36.4 Å². The van der Waals surface area contributed by atoms with Gasteiger partial charge < -0.3 is 19.3 Å². The van der Waals surface area contributed by atoms with Crippen molar-refractivity contribution in [2.75, 3.05) is 40.4 Å². The van der Waals surface area contributed by atoms with Gasteiger partial charge in [0.2, 0.25) is 0 Å². The maximum Gasteiger partial charge on any atom is 0.254 e.